The molecule has 0 aliphatic rings. The molecular formula is C8H19NO4S. The maximum absolute atomic E-state index is 11.3. The van der Waals surface area contributed by atoms with Crippen molar-refractivity contribution >= 4 is 10.0 Å². The van der Waals surface area contributed by atoms with Crippen LogP contribution in [0.15, 0.2) is 0 Å². The molecule has 0 aromatic heterocycles. The van der Waals surface area contributed by atoms with Gasteiger partial charge in [0.25, 0.3) is 0 Å². The molecule has 0 bridgehead atoms. The van der Waals surface area contributed by atoms with E-state index >= 15 is 0 Å². The SMILES string of the molecule is CC(C)CS(=O)(=O)NCCOCCO. The molecule has 0 aliphatic carbocycles. The third-order valence-corrected chi connectivity index (χ3v) is 3.11. The number of rotatable bonds is 8. The van der Waals surface area contributed by atoms with E-state index in [2.05, 4.69) is 4.72 Å². The summed E-state index contributed by atoms with van der Waals surface area (Å²) in [6.45, 7) is 4.45. The lowest BCUT2D eigenvalue weighted by Gasteiger charge is -2.08. The normalized spacial score (nSPS) is 12.3. The van der Waals surface area contributed by atoms with Gasteiger partial charge in [0.15, 0.2) is 0 Å². The third kappa shape index (κ3) is 8.43. The second-order valence-corrected chi connectivity index (χ2v) is 5.26. The molecule has 0 atom stereocenters. The summed E-state index contributed by atoms with van der Waals surface area (Å²) in [7, 11) is -3.16. The molecule has 0 radical (unpaired) electrons. The van der Waals surface area contributed by atoms with Crippen LogP contribution in [0.2, 0.25) is 0 Å². The zero-order valence-corrected chi connectivity index (χ0v) is 9.51. The molecule has 0 amide bonds. The molecule has 0 fully saturated rings. The molecule has 0 rings (SSSR count). The molecule has 0 aromatic rings. The van der Waals surface area contributed by atoms with Gasteiger partial charge in [0.2, 0.25) is 10.0 Å². The maximum atomic E-state index is 11.3. The number of nitrogens with one attached hydrogen (secondary N) is 1. The largest absolute Gasteiger partial charge is 0.394 e. The smallest absolute Gasteiger partial charge is 0.211 e. The van der Waals surface area contributed by atoms with Gasteiger partial charge in [0.05, 0.1) is 25.6 Å². The van der Waals surface area contributed by atoms with E-state index in [1.54, 1.807) is 0 Å². The quantitative estimate of drug-likeness (QED) is 0.550. The van der Waals surface area contributed by atoms with Crippen molar-refractivity contribution in [2.24, 2.45) is 5.92 Å². The highest BCUT2D eigenvalue weighted by Crippen LogP contribution is 1.96. The Kier molecular flexibility index (Phi) is 7.08. The number of hydrogen-bond acceptors (Lipinski definition) is 4. The molecule has 0 aliphatic heterocycles. The van der Waals surface area contributed by atoms with Crippen LogP contribution in [-0.4, -0.2) is 45.6 Å². The topological polar surface area (TPSA) is 75.6 Å². The molecule has 14 heavy (non-hydrogen) atoms. The van der Waals surface area contributed by atoms with Crippen molar-refractivity contribution in [2.45, 2.75) is 13.8 Å². The van der Waals surface area contributed by atoms with E-state index in [0.717, 1.165) is 0 Å². The Hall–Kier alpha value is -0.170. The van der Waals surface area contributed by atoms with Gasteiger partial charge in [-0.1, -0.05) is 13.8 Å². The van der Waals surface area contributed by atoms with E-state index < -0.39 is 10.0 Å². The first-order valence-electron chi connectivity index (χ1n) is 4.64. The minimum absolute atomic E-state index is 0.0429. The molecule has 86 valence electrons. The highest BCUT2D eigenvalue weighted by Gasteiger charge is 2.11. The van der Waals surface area contributed by atoms with E-state index in [4.69, 9.17) is 9.84 Å². The molecule has 0 saturated carbocycles. The van der Waals surface area contributed by atoms with Gasteiger partial charge in [0.1, 0.15) is 0 Å². The van der Waals surface area contributed by atoms with Crippen molar-refractivity contribution < 1.29 is 18.3 Å². The van der Waals surface area contributed by atoms with Gasteiger partial charge >= 0.3 is 0 Å². The second-order valence-electron chi connectivity index (χ2n) is 3.41. The lowest BCUT2D eigenvalue weighted by molar-refractivity contribution is 0.0961. The van der Waals surface area contributed by atoms with Gasteiger partial charge in [-0.2, -0.15) is 0 Å². The predicted molar refractivity (Wildman–Crippen MR) is 54.5 cm³/mol. The maximum Gasteiger partial charge on any atom is 0.211 e. The van der Waals surface area contributed by atoms with E-state index in [1.165, 1.54) is 0 Å². The minimum Gasteiger partial charge on any atom is -0.394 e. The Labute approximate surface area is 85.5 Å². The summed E-state index contributed by atoms with van der Waals surface area (Å²) >= 11 is 0. The zero-order valence-electron chi connectivity index (χ0n) is 8.69. The molecule has 0 saturated heterocycles. The molecule has 6 heteroatoms. The van der Waals surface area contributed by atoms with E-state index in [0.29, 0.717) is 0 Å². The Morgan fingerprint density at radius 2 is 2.00 bits per heavy atom. The first-order chi connectivity index (χ1) is 6.48. The molecule has 2 N–H and O–H groups in total. The summed E-state index contributed by atoms with van der Waals surface area (Å²) < 4.78 is 29.8. The average Bonchev–Trinajstić information content (AvgIpc) is 2.01. The van der Waals surface area contributed by atoms with Crippen LogP contribution >= 0.6 is 0 Å². The molecule has 0 unspecified atom stereocenters. The highest BCUT2D eigenvalue weighted by atomic mass is 32.2. The Morgan fingerprint density at radius 1 is 1.36 bits per heavy atom. The van der Waals surface area contributed by atoms with Crippen LogP contribution in [0.1, 0.15) is 13.8 Å². The monoisotopic (exact) mass is 225 g/mol. The summed E-state index contributed by atoms with van der Waals surface area (Å²) in [6.07, 6.45) is 0. The number of ether oxygens (including phenoxy) is 1. The van der Waals surface area contributed by atoms with E-state index in [-0.39, 0.29) is 38.0 Å². The third-order valence-electron chi connectivity index (χ3n) is 1.36. The van der Waals surface area contributed by atoms with Gasteiger partial charge in [-0.25, -0.2) is 13.1 Å². The van der Waals surface area contributed by atoms with Crippen molar-refractivity contribution in [1.82, 2.24) is 4.72 Å². The fourth-order valence-electron chi connectivity index (χ4n) is 0.934. The fourth-order valence-corrected chi connectivity index (χ4v) is 2.32. The first kappa shape index (κ1) is 13.8. The molecule has 5 nitrogen and oxygen atoms in total. The average molecular weight is 225 g/mol. The highest BCUT2D eigenvalue weighted by molar-refractivity contribution is 7.89. The zero-order chi connectivity index (χ0) is 11.0. The Morgan fingerprint density at radius 3 is 2.50 bits per heavy atom. The molecular weight excluding hydrogens is 206 g/mol. The van der Waals surface area contributed by atoms with Crippen LogP contribution in [0.4, 0.5) is 0 Å². The summed E-state index contributed by atoms with van der Waals surface area (Å²) in [5.41, 5.74) is 0. The number of aliphatic hydroxyl groups excluding tert-OH is 1. The van der Waals surface area contributed by atoms with Crippen LogP contribution in [0.5, 0.6) is 0 Å². The van der Waals surface area contributed by atoms with Crippen LogP contribution in [0.25, 0.3) is 0 Å². The van der Waals surface area contributed by atoms with Crippen molar-refractivity contribution in [1.29, 1.82) is 0 Å². The second kappa shape index (κ2) is 7.17. The Balaban J connectivity index is 3.56. The van der Waals surface area contributed by atoms with Crippen molar-refractivity contribution in [3.8, 4) is 0 Å². The van der Waals surface area contributed by atoms with Gasteiger partial charge < -0.3 is 9.84 Å². The standard InChI is InChI=1S/C8H19NO4S/c1-8(2)7-14(11,12)9-3-5-13-6-4-10/h8-10H,3-7H2,1-2H3. The van der Waals surface area contributed by atoms with Crippen molar-refractivity contribution in [3.05, 3.63) is 0 Å². The van der Waals surface area contributed by atoms with Crippen LogP contribution in [-0.2, 0) is 14.8 Å². The van der Waals surface area contributed by atoms with Gasteiger partial charge in [0, 0.05) is 6.54 Å². The summed E-state index contributed by atoms with van der Waals surface area (Å²) in [4.78, 5) is 0. The van der Waals surface area contributed by atoms with E-state index in [9.17, 15) is 8.42 Å². The number of hydrogen-bond donors (Lipinski definition) is 2. The number of sulfonamides is 1. The lowest BCUT2D eigenvalue weighted by atomic mass is 10.3. The van der Waals surface area contributed by atoms with Gasteiger partial charge in [-0.3, -0.25) is 0 Å². The van der Waals surface area contributed by atoms with Crippen molar-refractivity contribution in [3.63, 3.8) is 0 Å². The van der Waals surface area contributed by atoms with Gasteiger partial charge in [-0.05, 0) is 5.92 Å². The molecule has 0 spiro atoms. The first-order valence-corrected chi connectivity index (χ1v) is 6.29. The van der Waals surface area contributed by atoms with Gasteiger partial charge in [-0.15, -0.1) is 0 Å². The van der Waals surface area contributed by atoms with Crippen molar-refractivity contribution in [2.75, 3.05) is 32.1 Å². The summed E-state index contributed by atoms with van der Waals surface area (Å²) in [5, 5.41) is 8.38. The van der Waals surface area contributed by atoms with Crippen LogP contribution in [0.3, 0.4) is 0 Å². The lowest BCUT2D eigenvalue weighted by Crippen LogP contribution is -2.31. The van der Waals surface area contributed by atoms with E-state index in [1.807, 2.05) is 13.8 Å². The van der Waals surface area contributed by atoms with Crippen LogP contribution in [0, 0.1) is 5.92 Å². The molecule has 0 aromatic carbocycles. The minimum atomic E-state index is -3.16. The summed E-state index contributed by atoms with van der Waals surface area (Å²) in [5.74, 6) is 0.248. The fraction of sp³-hybridized carbons (Fsp3) is 1.00. The molecule has 0 heterocycles. The Bertz CT molecular complexity index is 225. The predicted octanol–water partition coefficient (Wildman–Crippen LogP) is -0.429. The van der Waals surface area contributed by atoms with Crippen LogP contribution < -0.4 is 4.72 Å². The number of aliphatic hydroxyl groups is 1. The summed E-state index contributed by atoms with van der Waals surface area (Å²) in [6, 6.07) is 0.